The van der Waals surface area contributed by atoms with Crippen molar-refractivity contribution in [1.29, 1.82) is 0 Å². The van der Waals surface area contributed by atoms with E-state index in [0.717, 1.165) is 24.2 Å². The molecule has 0 saturated heterocycles. The second-order valence-electron chi connectivity index (χ2n) is 4.36. The van der Waals surface area contributed by atoms with E-state index < -0.39 is 0 Å². The Balaban J connectivity index is 2.37. The zero-order valence-electron chi connectivity index (χ0n) is 10.3. The van der Waals surface area contributed by atoms with Crippen LogP contribution in [0.2, 0.25) is 0 Å². The van der Waals surface area contributed by atoms with Crippen molar-refractivity contribution in [1.82, 2.24) is 9.97 Å². The predicted octanol–water partition coefficient (Wildman–Crippen LogP) is 0.340. The summed E-state index contributed by atoms with van der Waals surface area (Å²) in [7, 11) is 0. The number of anilines is 2. The smallest absolute Gasteiger partial charge is 0.148 e. The molecular formula is C11H19N5O. The van der Waals surface area contributed by atoms with Crippen molar-refractivity contribution in [3.05, 3.63) is 11.4 Å². The van der Waals surface area contributed by atoms with Gasteiger partial charge in [0.25, 0.3) is 0 Å². The number of nitrogens with two attached hydrogens (primary N) is 1. The van der Waals surface area contributed by atoms with Gasteiger partial charge in [0.15, 0.2) is 0 Å². The molecule has 1 aliphatic rings. The molecule has 17 heavy (non-hydrogen) atoms. The molecule has 0 amide bonds. The Morgan fingerprint density at radius 1 is 1.41 bits per heavy atom. The molecule has 0 aliphatic heterocycles. The van der Waals surface area contributed by atoms with Crippen LogP contribution in [0.4, 0.5) is 11.6 Å². The van der Waals surface area contributed by atoms with E-state index in [9.17, 15) is 0 Å². The number of aryl methyl sites for hydroxylation is 1. The van der Waals surface area contributed by atoms with Crippen molar-refractivity contribution in [3.63, 3.8) is 0 Å². The molecule has 0 atom stereocenters. The van der Waals surface area contributed by atoms with Gasteiger partial charge in [0.05, 0.1) is 6.61 Å². The number of hydrazine groups is 1. The SMILES string of the molecule is Cc1nc(NN)c(C)c(N(CCO)C2CC2)n1. The Hall–Kier alpha value is -1.40. The summed E-state index contributed by atoms with van der Waals surface area (Å²) in [5.74, 6) is 7.65. The first-order chi connectivity index (χ1) is 8.17. The van der Waals surface area contributed by atoms with Crippen molar-refractivity contribution in [2.24, 2.45) is 5.84 Å². The molecule has 94 valence electrons. The minimum absolute atomic E-state index is 0.129. The van der Waals surface area contributed by atoms with Gasteiger partial charge < -0.3 is 15.4 Å². The van der Waals surface area contributed by atoms with Crippen molar-refractivity contribution >= 4 is 11.6 Å². The van der Waals surface area contributed by atoms with E-state index >= 15 is 0 Å². The first kappa shape index (κ1) is 12.1. The molecule has 0 spiro atoms. The van der Waals surface area contributed by atoms with Gasteiger partial charge in [-0.25, -0.2) is 15.8 Å². The Morgan fingerprint density at radius 2 is 2.12 bits per heavy atom. The van der Waals surface area contributed by atoms with E-state index in [1.54, 1.807) is 0 Å². The number of aliphatic hydroxyl groups is 1. The summed E-state index contributed by atoms with van der Waals surface area (Å²) >= 11 is 0. The highest BCUT2D eigenvalue weighted by Gasteiger charge is 2.31. The van der Waals surface area contributed by atoms with Crippen LogP contribution >= 0.6 is 0 Å². The van der Waals surface area contributed by atoms with Gasteiger partial charge in [-0.05, 0) is 26.7 Å². The van der Waals surface area contributed by atoms with E-state index in [-0.39, 0.29) is 6.61 Å². The Kier molecular flexibility index (Phi) is 3.44. The molecule has 0 radical (unpaired) electrons. The number of hydrogen-bond donors (Lipinski definition) is 3. The molecule has 6 heteroatoms. The average Bonchev–Trinajstić information content (AvgIpc) is 3.13. The highest BCUT2D eigenvalue weighted by Crippen LogP contribution is 2.33. The zero-order chi connectivity index (χ0) is 12.4. The monoisotopic (exact) mass is 237 g/mol. The number of rotatable bonds is 5. The topological polar surface area (TPSA) is 87.3 Å². The molecule has 0 unspecified atom stereocenters. The van der Waals surface area contributed by atoms with Gasteiger partial charge in [0, 0.05) is 18.2 Å². The van der Waals surface area contributed by atoms with Gasteiger partial charge in [-0.15, -0.1) is 0 Å². The quantitative estimate of drug-likeness (QED) is 0.505. The second kappa shape index (κ2) is 4.85. The van der Waals surface area contributed by atoms with Crippen molar-refractivity contribution in [2.75, 3.05) is 23.5 Å². The molecule has 0 aromatic carbocycles. The first-order valence-corrected chi connectivity index (χ1v) is 5.86. The number of aromatic nitrogens is 2. The first-order valence-electron chi connectivity index (χ1n) is 5.86. The predicted molar refractivity (Wildman–Crippen MR) is 66.8 cm³/mol. The van der Waals surface area contributed by atoms with Crippen LogP contribution in [0.1, 0.15) is 24.2 Å². The molecule has 1 aromatic heterocycles. The van der Waals surface area contributed by atoms with Gasteiger partial charge >= 0.3 is 0 Å². The molecule has 4 N–H and O–H groups in total. The largest absolute Gasteiger partial charge is 0.395 e. The summed E-state index contributed by atoms with van der Waals surface area (Å²) in [5, 5.41) is 9.14. The maximum atomic E-state index is 9.14. The number of aliphatic hydroxyl groups excluding tert-OH is 1. The van der Waals surface area contributed by atoms with Gasteiger partial charge in [-0.2, -0.15) is 0 Å². The van der Waals surface area contributed by atoms with E-state index in [4.69, 9.17) is 10.9 Å². The molecule has 6 nitrogen and oxygen atoms in total. The number of nitrogen functional groups attached to an aromatic ring is 1. The lowest BCUT2D eigenvalue weighted by Crippen LogP contribution is -2.31. The third kappa shape index (κ3) is 2.48. The number of nitrogens with one attached hydrogen (secondary N) is 1. The Labute approximate surface area is 101 Å². The molecule has 1 heterocycles. The summed E-state index contributed by atoms with van der Waals surface area (Å²) < 4.78 is 0. The summed E-state index contributed by atoms with van der Waals surface area (Å²) in [6.45, 7) is 4.51. The Bertz CT molecular complexity index is 405. The second-order valence-corrected chi connectivity index (χ2v) is 4.36. The summed E-state index contributed by atoms with van der Waals surface area (Å²) in [5.41, 5.74) is 3.52. The van der Waals surface area contributed by atoms with Crippen LogP contribution in [-0.2, 0) is 0 Å². The molecule has 1 aliphatic carbocycles. The number of hydrogen-bond acceptors (Lipinski definition) is 6. The average molecular weight is 237 g/mol. The normalized spacial score (nSPS) is 14.8. The molecule has 1 fully saturated rings. The van der Waals surface area contributed by atoms with E-state index in [0.29, 0.717) is 24.2 Å². The van der Waals surface area contributed by atoms with E-state index in [1.807, 2.05) is 13.8 Å². The molecular weight excluding hydrogens is 218 g/mol. The maximum absolute atomic E-state index is 9.14. The van der Waals surface area contributed by atoms with Crippen LogP contribution in [-0.4, -0.2) is 34.3 Å². The highest BCUT2D eigenvalue weighted by molar-refractivity contribution is 5.59. The summed E-state index contributed by atoms with van der Waals surface area (Å²) in [6.07, 6.45) is 2.32. The lowest BCUT2D eigenvalue weighted by Gasteiger charge is -2.25. The minimum Gasteiger partial charge on any atom is -0.395 e. The molecule has 1 aromatic rings. The van der Waals surface area contributed by atoms with Crippen LogP contribution in [0.5, 0.6) is 0 Å². The fourth-order valence-electron chi connectivity index (χ4n) is 1.99. The standard InChI is InChI=1S/C11H19N5O/c1-7-10(15-12)13-8(2)14-11(7)16(5-6-17)9-3-4-9/h9,17H,3-6,12H2,1-2H3,(H,13,14,15). The summed E-state index contributed by atoms with van der Waals surface area (Å²) in [6, 6.07) is 0.501. The van der Waals surface area contributed by atoms with Crippen molar-refractivity contribution in [2.45, 2.75) is 32.7 Å². The molecule has 2 rings (SSSR count). The third-order valence-electron chi connectivity index (χ3n) is 2.97. The molecule has 1 saturated carbocycles. The van der Waals surface area contributed by atoms with E-state index in [2.05, 4.69) is 20.3 Å². The zero-order valence-corrected chi connectivity index (χ0v) is 10.3. The number of nitrogens with zero attached hydrogens (tertiary/aromatic N) is 3. The van der Waals surface area contributed by atoms with Gasteiger partial charge in [0.2, 0.25) is 0 Å². The lowest BCUT2D eigenvalue weighted by atomic mass is 10.2. The highest BCUT2D eigenvalue weighted by atomic mass is 16.3. The molecule has 0 bridgehead atoms. The van der Waals surface area contributed by atoms with Crippen LogP contribution in [0.3, 0.4) is 0 Å². The van der Waals surface area contributed by atoms with Crippen molar-refractivity contribution < 1.29 is 5.11 Å². The fraction of sp³-hybridized carbons (Fsp3) is 0.636. The van der Waals surface area contributed by atoms with Crippen LogP contribution in [0.15, 0.2) is 0 Å². The van der Waals surface area contributed by atoms with E-state index in [1.165, 1.54) is 0 Å². The van der Waals surface area contributed by atoms with Crippen LogP contribution in [0.25, 0.3) is 0 Å². The van der Waals surface area contributed by atoms with Gasteiger partial charge in [-0.3, -0.25) is 0 Å². The lowest BCUT2D eigenvalue weighted by molar-refractivity contribution is 0.301. The van der Waals surface area contributed by atoms with Crippen LogP contribution in [0, 0.1) is 13.8 Å². The minimum atomic E-state index is 0.129. The van der Waals surface area contributed by atoms with Gasteiger partial charge in [-0.1, -0.05) is 0 Å². The summed E-state index contributed by atoms with van der Waals surface area (Å²) in [4.78, 5) is 10.9. The van der Waals surface area contributed by atoms with Crippen molar-refractivity contribution in [3.8, 4) is 0 Å². The van der Waals surface area contributed by atoms with Gasteiger partial charge in [0.1, 0.15) is 17.5 Å². The fourth-order valence-corrected chi connectivity index (χ4v) is 1.99. The van der Waals surface area contributed by atoms with Crippen LogP contribution < -0.4 is 16.2 Å². The Morgan fingerprint density at radius 3 is 2.65 bits per heavy atom. The third-order valence-corrected chi connectivity index (χ3v) is 2.97. The maximum Gasteiger partial charge on any atom is 0.148 e.